The highest BCUT2D eigenvalue weighted by Gasteiger charge is 2.13. The van der Waals surface area contributed by atoms with Crippen LogP contribution in [0.25, 0.3) is 10.9 Å². The quantitative estimate of drug-likeness (QED) is 0.561. The molecular weight excluding hydrogens is 328 g/mol. The minimum absolute atomic E-state index is 0.286. The van der Waals surface area contributed by atoms with Gasteiger partial charge in [-0.1, -0.05) is 30.3 Å². The number of rotatable bonds is 4. The maximum Gasteiger partial charge on any atom is 0.231 e. The van der Waals surface area contributed by atoms with E-state index in [1.807, 2.05) is 36.5 Å². The molecule has 0 saturated heterocycles. The van der Waals surface area contributed by atoms with Crippen molar-refractivity contribution in [1.82, 2.24) is 15.6 Å². The molecule has 0 unspecified atom stereocenters. The Hall–Kier alpha value is -3.28. The van der Waals surface area contributed by atoms with E-state index in [1.165, 1.54) is 0 Å². The van der Waals surface area contributed by atoms with Crippen LogP contribution in [0, 0.1) is 0 Å². The molecule has 2 aromatic carbocycles. The minimum atomic E-state index is 0.286. The zero-order valence-corrected chi connectivity index (χ0v) is 14.5. The first-order chi connectivity index (χ1) is 12.8. The summed E-state index contributed by atoms with van der Waals surface area (Å²) in [5.74, 6) is 2.31. The molecule has 26 heavy (non-hydrogen) atoms. The lowest BCUT2D eigenvalue weighted by molar-refractivity contribution is 0.174. The fourth-order valence-electron chi connectivity index (χ4n) is 2.95. The number of guanidine groups is 1. The second kappa shape index (κ2) is 7.31. The third-order valence-corrected chi connectivity index (χ3v) is 4.28. The van der Waals surface area contributed by atoms with Crippen molar-refractivity contribution in [3.05, 3.63) is 65.9 Å². The summed E-state index contributed by atoms with van der Waals surface area (Å²) in [6.07, 6.45) is 1.82. The van der Waals surface area contributed by atoms with Crippen LogP contribution < -0.4 is 20.1 Å². The van der Waals surface area contributed by atoms with Crippen molar-refractivity contribution in [2.45, 2.75) is 13.1 Å². The van der Waals surface area contributed by atoms with Crippen molar-refractivity contribution < 1.29 is 9.47 Å². The van der Waals surface area contributed by atoms with Crippen LogP contribution in [0.4, 0.5) is 0 Å². The van der Waals surface area contributed by atoms with Crippen LogP contribution in [0.1, 0.15) is 11.1 Å². The van der Waals surface area contributed by atoms with Crippen LogP contribution in [-0.4, -0.2) is 24.8 Å². The molecule has 0 saturated carbocycles. The monoisotopic (exact) mass is 348 g/mol. The molecule has 1 aliphatic heterocycles. The number of aromatic nitrogens is 1. The molecule has 1 aromatic heterocycles. The third-order valence-electron chi connectivity index (χ3n) is 4.28. The number of hydrogen-bond acceptors (Lipinski definition) is 4. The third kappa shape index (κ3) is 3.39. The van der Waals surface area contributed by atoms with Crippen LogP contribution >= 0.6 is 0 Å². The Morgan fingerprint density at radius 3 is 2.81 bits per heavy atom. The molecule has 1 aliphatic rings. The number of ether oxygens (including phenoxy) is 2. The Labute approximate surface area is 151 Å². The molecule has 0 radical (unpaired) electrons. The first kappa shape index (κ1) is 16.2. The lowest BCUT2D eigenvalue weighted by atomic mass is 10.1. The van der Waals surface area contributed by atoms with E-state index >= 15 is 0 Å². The first-order valence-electron chi connectivity index (χ1n) is 8.49. The van der Waals surface area contributed by atoms with Crippen molar-refractivity contribution in [3.8, 4) is 11.5 Å². The van der Waals surface area contributed by atoms with E-state index in [4.69, 9.17) is 9.47 Å². The van der Waals surface area contributed by atoms with Crippen molar-refractivity contribution in [2.24, 2.45) is 4.99 Å². The molecule has 0 atom stereocenters. The molecule has 0 aliphatic carbocycles. The zero-order chi connectivity index (χ0) is 17.8. The molecule has 6 nitrogen and oxygen atoms in total. The fraction of sp³-hybridized carbons (Fsp3) is 0.200. The second-order valence-corrected chi connectivity index (χ2v) is 5.96. The van der Waals surface area contributed by atoms with Crippen LogP contribution in [-0.2, 0) is 13.1 Å². The van der Waals surface area contributed by atoms with Crippen LogP contribution in [0.5, 0.6) is 11.5 Å². The number of benzene rings is 2. The van der Waals surface area contributed by atoms with E-state index in [2.05, 4.69) is 38.8 Å². The van der Waals surface area contributed by atoms with Gasteiger partial charge in [0.25, 0.3) is 0 Å². The standard InChI is InChI=1S/C20H20N4O2/c1-21-20(23-11-14-7-8-17-18(10-14)26-13-25-17)24-12-16-5-2-4-15-6-3-9-22-19(15)16/h2-10H,11-13H2,1H3,(H2,21,23,24). The van der Waals surface area contributed by atoms with Gasteiger partial charge in [-0.05, 0) is 29.3 Å². The largest absolute Gasteiger partial charge is 0.454 e. The summed E-state index contributed by atoms with van der Waals surface area (Å²) in [6.45, 7) is 1.58. The van der Waals surface area contributed by atoms with Gasteiger partial charge in [-0.3, -0.25) is 9.98 Å². The Kier molecular flexibility index (Phi) is 4.55. The predicted molar refractivity (Wildman–Crippen MR) is 101 cm³/mol. The maximum absolute atomic E-state index is 5.42. The highest BCUT2D eigenvalue weighted by Crippen LogP contribution is 2.32. The Bertz CT molecular complexity index is 950. The van der Waals surface area contributed by atoms with E-state index in [0.717, 1.165) is 39.5 Å². The average Bonchev–Trinajstić information content (AvgIpc) is 3.16. The van der Waals surface area contributed by atoms with Gasteiger partial charge >= 0.3 is 0 Å². The van der Waals surface area contributed by atoms with Gasteiger partial charge in [-0.25, -0.2) is 0 Å². The number of pyridine rings is 1. The molecule has 0 bridgehead atoms. The predicted octanol–water partition coefficient (Wildman–Crippen LogP) is 2.83. The van der Waals surface area contributed by atoms with E-state index < -0.39 is 0 Å². The summed E-state index contributed by atoms with van der Waals surface area (Å²) in [7, 11) is 1.76. The minimum Gasteiger partial charge on any atom is -0.454 e. The number of nitrogens with one attached hydrogen (secondary N) is 2. The van der Waals surface area contributed by atoms with Crippen molar-refractivity contribution in [3.63, 3.8) is 0 Å². The van der Waals surface area contributed by atoms with E-state index in [0.29, 0.717) is 13.1 Å². The van der Waals surface area contributed by atoms with Crippen molar-refractivity contribution in [2.75, 3.05) is 13.8 Å². The summed E-state index contributed by atoms with van der Waals surface area (Å²) < 4.78 is 10.8. The van der Waals surface area contributed by atoms with Gasteiger partial charge in [0.05, 0.1) is 5.52 Å². The molecule has 2 N–H and O–H groups in total. The van der Waals surface area contributed by atoms with Crippen molar-refractivity contribution in [1.29, 1.82) is 0 Å². The number of nitrogens with zero attached hydrogens (tertiary/aromatic N) is 2. The molecule has 3 aromatic rings. The highest BCUT2D eigenvalue weighted by atomic mass is 16.7. The second-order valence-electron chi connectivity index (χ2n) is 5.96. The molecule has 4 rings (SSSR count). The molecule has 0 spiro atoms. The number of aliphatic imine (C=N–C) groups is 1. The van der Waals surface area contributed by atoms with Crippen LogP contribution in [0.15, 0.2) is 59.7 Å². The lowest BCUT2D eigenvalue weighted by Crippen LogP contribution is -2.36. The van der Waals surface area contributed by atoms with E-state index in [1.54, 1.807) is 7.05 Å². The summed E-state index contributed by atoms with van der Waals surface area (Å²) >= 11 is 0. The normalized spacial score (nSPS) is 13.0. The number of para-hydroxylation sites is 1. The van der Waals surface area contributed by atoms with Gasteiger partial charge in [0.1, 0.15) is 0 Å². The Morgan fingerprint density at radius 2 is 1.88 bits per heavy atom. The van der Waals surface area contributed by atoms with E-state index in [-0.39, 0.29) is 6.79 Å². The molecular formula is C20H20N4O2. The van der Waals surface area contributed by atoms with E-state index in [9.17, 15) is 0 Å². The first-order valence-corrected chi connectivity index (χ1v) is 8.49. The highest BCUT2D eigenvalue weighted by molar-refractivity contribution is 5.83. The lowest BCUT2D eigenvalue weighted by Gasteiger charge is -2.13. The van der Waals surface area contributed by atoms with Gasteiger partial charge in [-0.15, -0.1) is 0 Å². The number of hydrogen-bond donors (Lipinski definition) is 2. The van der Waals surface area contributed by atoms with Gasteiger partial charge in [0, 0.05) is 31.7 Å². The summed E-state index contributed by atoms with van der Waals surface area (Å²) in [5.41, 5.74) is 3.24. The smallest absolute Gasteiger partial charge is 0.231 e. The van der Waals surface area contributed by atoms with Crippen LogP contribution in [0.3, 0.4) is 0 Å². The average molecular weight is 348 g/mol. The Balaban J connectivity index is 1.39. The Morgan fingerprint density at radius 1 is 1.04 bits per heavy atom. The fourth-order valence-corrected chi connectivity index (χ4v) is 2.95. The summed E-state index contributed by atoms with van der Waals surface area (Å²) in [5, 5.41) is 7.80. The molecule has 0 amide bonds. The maximum atomic E-state index is 5.42. The number of fused-ring (bicyclic) bond motifs is 2. The summed E-state index contributed by atoms with van der Waals surface area (Å²) in [4.78, 5) is 8.77. The SMILES string of the molecule is CN=C(NCc1ccc2c(c1)OCO2)NCc1cccc2cccnc12. The van der Waals surface area contributed by atoms with Crippen molar-refractivity contribution >= 4 is 16.9 Å². The van der Waals surface area contributed by atoms with Gasteiger partial charge in [0.15, 0.2) is 17.5 Å². The van der Waals surface area contributed by atoms with Gasteiger partial charge < -0.3 is 20.1 Å². The molecule has 6 heteroatoms. The summed E-state index contributed by atoms with van der Waals surface area (Å²) in [6, 6.07) is 16.1. The van der Waals surface area contributed by atoms with Gasteiger partial charge in [-0.2, -0.15) is 0 Å². The molecule has 2 heterocycles. The molecule has 0 fully saturated rings. The topological polar surface area (TPSA) is 67.8 Å². The molecule has 132 valence electrons. The van der Waals surface area contributed by atoms with Crippen LogP contribution in [0.2, 0.25) is 0 Å². The van der Waals surface area contributed by atoms with Gasteiger partial charge in [0.2, 0.25) is 6.79 Å². The zero-order valence-electron chi connectivity index (χ0n) is 14.5.